The van der Waals surface area contributed by atoms with Gasteiger partial charge in [0.05, 0.1) is 6.04 Å². The summed E-state index contributed by atoms with van der Waals surface area (Å²) in [6, 6.07) is -0.0532. The molecular formula is C12H24N2O. The van der Waals surface area contributed by atoms with E-state index in [9.17, 15) is 4.79 Å². The van der Waals surface area contributed by atoms with Crippen molar-refractivity contribution >= 4 is 5.91 Å². The van der Waals surface area contributed by atoms with E-state index in [1.165, 1.54) is 19.3 Å². The number of hydrogen-bond donors (Lipinski definition) is 2. The molecule has 0 aromatic carbocycles. The Morgan fingerprint density at radius 3 is 2.53 bits per heavy atom. The van der Waals surface area contributed by atoms with Gasteiger partial charge in [-0.25, -0.2) is 0 Å². The molecule has 0 radical (unpaired) electrons. The van der Waals surface area contributed by atoms with E-state index in [0.29, 0.717) is 5.92 Å². The van der Waals surface area contributed by atoms with E-state index < -0.39 is 0 Å². The molecule has 3 heteroatoms. The predicted octanol–water partition coefficient (Wildman–Crippen LogP) is 1.54. The van der Waals surface area contributed by atoms with Crippen LogP contribution in [-0.4, -0.2) is 25.0 Å². The van der Waals surface area contributed by atoms with E-state index in [2.05, 4.69) is 24.5 Å². The summed E-state index contributed by atoms with van der Waals surface area (Å²) in [5, 5.41) is 6.20. The van der Waals surface area contributed by atoms with E-state index in [1.54, 1.807) is 0 Å². The largest absolute Gasteiger partial charge is 0.354 e. The fourth-order valence-electron chi connectivity index (χ4n) is 1.46. The average Bonchev–Trinajstić information content (AvgIpc) is 2.97. The number of hydrogen-bond acceptors (Lipinski definition) is 2. The van der Waals surface area contributed by atoms with Crippen molar-refractivity contribution in [2.24, 2.45) is 11.8 Å². The van der Waals surface area contributed by atoms with Crippen LogP contribution in [0.25, 0.3) is 0 Å². The molecule has 88 valence electrons. The lowest BCUT2D eigenvalue weighted by molar-refractivity contribution is -0.122. The molecule has 1 atom stereocenters. The van der Waals surface area contributed by atoms with Gasteiger partial charge < -0.3 is 10.6 Å². The van der Waals surface area contributed by atoms with E-state index >= 15 is 0 Å². The molecular weight excluding hydrogens is 188 g/mol. The average molecular weight is 212 g/mol. The van der Waals surface area contributed by atoms with Crippen molar-refractivity contribution in [3.05, 3.63) is 0 Å². The summed E-state index contributed by atoms with van der Waals surface area (Å²) in [6.45, 7) is 7.88. The lowest BCUT2D eigenvalue weighted by atomic mass is 10.2. The monoisotopic (exact) mass is 212 g/mol. The quantitative estimate of drug-likeness (QED) is 0.672. The molecule has 15 heavy (non-hydrogen) atoms. The minimum absolute atomic E-state index is 0.0532. The zero-order valence-corrected chi connectivity index (χ0v) is 10.2. The fourth-order valence-corrected chi connectivity index (χ4v) is 1.46. The van der Waals surface area contributed by atoms with Crippen molar-refractivity contribution in [1.29, 1.82) is 0 Å². The molecule has 1 aliphatic carbocycles. The molecule has 1 rings (SSSR count). The van der Waals surface area contributed by atoms with Crippen LogP contribution in [0.4, 0.5) is 0 Å². The predicted molar refractivity (Wildman–Crippen MR) is 62.7 cm³/mol. The van der Waals surface area contributed by atoms with Crippen molar-refractivity contribution in [3.63, 3.8) is 0 Å². The summed E-state index contributed by atoms with van der Waals surface area (Å²) in [5.41, 5.74) is 0. The van der Waals surface area contributed by atoms with Crippen LogP contribution in [0, 0.1) is 11.8 Å². The maximum atomic E-state index is 11.6. The van der Waals surface area contributed by atoms with Crippen LogP contribution in [-0.2, 0) is 4.79 Å². The van der Waals surface area contributed by atoms with E-state index in [1.807, 2.05) is 6.92 Å². The Labute approximate surface area is 93.0 Å². The Bertz CT molecular complexity index is 200. The van der Waals surface area contributed by atoms with Crippen LogP contribution in [0.3, 0.4) is 0 Å². The number of carbonyl (C=O) groups is 1. The molecule has 1 amide bonds. The minimum Gasteiger partial charge on any atom is -0.354 e. The van der Waals surface area contributed by atoms with Crippen molar-refractivity contribution < 1.29 is 4.79 Å². The molecule has 1 unspecified atom stereocenters. The zero-order chi connectivity index (χ0) is 11.3. The highest BCUT2D eigenvalue weighted by atomic mass is 16.2. The summed E-state index contributed by atoms with van der Waals surface area (Å²) in [5.74, 6) is 1.58. The first kappa shape index (κ1) is 12.5. The van der Waals surface area contributed by atoms with Crippen LogP contribution >= 0.6 is 0 Å². The van der Waals surface area contributed by atoms with E-state index in [-0.39, 0.29) is 11.9 Å². The van der Waals surface area contributed by atoms with Gasteiger partial charge in [0.25, 0.3) is 0 Å². The van der Waals surface area contributed by atoms with Crippen LogP contribution in [0.5, 0.6) is 0 Å². The normalized spacial score (nSPS) is 17.9. The van der Waals surface area contributed by atoms with Gasteiger partial charge in [0.1, 0.15) is 0 Å². The molecule has 0 aromatic heterocycles. The molecule has 0 bridgehead atoms. The summed E-state index contributed by atoms with van der Waals surface area (Å²) in [4.78, 5) is 11.6. The summed E-state index contributed by atoms with van der Waals surface area (Å²) >= 11 is 0. The fraction of sp³-hybridized carbons (Fsp3) is 0.917. The van der Waals surface area contributed by atoms with Crippen molar-refractivity contribution in [1.82, 2.24) is 10.6 Å². The van der Waals surface area contributed by atoms with Crippen molar-refractivity contribution in [2.75, 3.05) is 13.1 Å². The van der Waals surface area contributed by atoms with Crippen molar-refractivity contribution in [2.45, 2.75) is 46.1 Å². The van der Waals surface area contributed by atoms with Gasteiger partial charge in [-0.05, 0) is 31.7 Å². The topological polar surface area (TPSA) is 41.1 Å². The maximum absolute atomic E-state index is 11.6. The first-order chi connectivity index (χ1) is 7.09. The Hall–Kier alpha value is -0.570. The van der Waals surface area contributed by atoms with Gasteiger partial charge in [0.15, 0.2) is 0 Å². The highest BCUT2D eigenvalue weighted by Gasteiger charge is 2.21. The molecule has 0 saturated heterocycles. The van der Waals surface area contributed by atoms with Gasteiger partial charge in [-0.1, -0.05) is 26.7 Å². The lowest BCUT2D eigenvalue weighted by Gasteiger charge is -2.14. The Balaban J connectivity index is 2.03. The smallest absolute Gasteiger partial charge is 0.236 e. The molecule has 0 aromatic rings. The van der Waals surface area contributed by atoms with Gasteiger partial charge in [-0.2, -0.15) is 0 Å². The van der Waals surface area contributed by atoms with E-state index in [4.69, 9.17) is 0 Å². The standard InChI is InChI=1S/C12H24N2O/c1-9(2)8-14-12(15)10(3)13-7-6-11-4-5-11/h9-11,13H,4-8H2,1-3H3,(H,14,15). The molecule has 0 heterocycles. The Kier molecular flexibility index (Phi) is 5.09. The van der Waals surface area contributed by atoms with Crippen LogP contribution in [0.1, 0.15) is 40.0 Å². The Morgan fingerprint density at radius 2 is 2.00 bits per heavy atom. The molecule has 0 spiro atoms. The van der Waals surface area contributed by atoms with Crippen LogP contribution in [0.2, 0.25) is 0 Å². The molecule has 1 saturated carbocycles. The number of nitrogens with one attached hydrogen (secondary N) is 2. The van der Waals surface area contributed by atoms with Gasteiger partial charge in [0.2, 0.25) is 5.91 Å². The molecule has 1 aliphatic rings. The second-order valence-electron chi connectivity index (χ2n) is 5.05. The zero-order valence-electron chi connectivity index (χ0n) is 10.2. The van der Waals surface area contributed by atoms with Gasteiger partial charge >= 0.3 is 0 Å². The highest BCUT2D eigenvalue weighted by molar-refractivity contribution is 5.81. The third-order valence-electron chi connectivity index (χ3n) is 2.78. The van der Waals surface area contributed by atoms with Gasteiger partial charge in [-0.3, -0.25) is 4.79 Å². The lowest BCUT2D eigenvalue weighted by Crippen LogP contribution is -2.43. The second kappa shape index (κ2) is 6.11. The summed E-state index contributed by atoms with van der Waals surface area (Å²) in [7, 11) is 0. The second-order valence-corrected chi connectivity index (χ2v) is 5.05. The number of amides is 1. The Morgan fingerprint density at radius 1 is 1.33 bits per heavy atom. The summed E-state index contributed by atoms with van der Waals surface area (Å²) < 4.78 is 0. The molecule has 1 fully saturated rings. The van der Waals surface area contributed by atoms with Crippen LogP contribution < -0.4 is 10.6 Å². The molecule has 0 aliphatic heterocycles. The SMILES string of the molecule is CC(C)CNC(=O)C(C)NCCC1CC1. The third kappa shape index (κ3) is 5.78. The third-order valence-corrected chi connectivity index (χ3v) is 2.78. The maximum Gasteiger partial charge on any atom is 0.236 e. The molecule has 3 nitrogen and oxygen atoms in total. The van der Waals surface area contributed by atoms with Crippen molar-refractivity contribution in [3.8, 4) is 0 Å². The van der Waals surface area contributed by atoms with Crippen LogP contribution in [0.15, 0.2) is 0 Å². The highest BCUT2D eigenvalue weighted by Crippen LogP contribution is 2.31. The van der Waals surface area contributed by atoms with Gasteiger partial charge in [0, 0.05) is 6.54 Å². The summed E-state index contributed by atoms with van der Waals surface area (Å²) in [6.07, 6.45) is 3.99. The first-order valence-electron chi connectivity index (χ1n) is 6.10. The molecule has 2 N–H and O–H groups in total. The van der Waals surface area contributed by atoms with Gasteiger partial charge in [-0.15, -0.1) is 0 Å². The number of carbonyl (C=O) groups excluding carboxylic acids is 1. The first-order valence-corrected chi connectivity index (χ1v) is 6.10. The minimum atomic E-state index is -0.0532. The number of rotatable bonds is 7. The van der Waals surface area contributed by atoms with E-state index in [0.717, 1.165) is 19.0 Å².